The average Bonchev–Trinajstić information content (AvgIpc) is 2.34. The van der Waals surface area contributed by atoms with Crippen LogP contribution in [0.25, 0.3) is 0 Å². The zero-order chi connectivity index (χ0) is 12.7. The first-order valence-electron chi connectivity index (χ1n) is 5.69. The Kier molecular flexibility index (Phi) is 5.15. The Morgan fingerprint density at radius 3 is 2.88 bits per heavy atom. The van der Waals surface area contributed by atoms with E-state index in [1.807, 2.05) is 26.0 Å². The van der Waals surface area contributed by atoms with Crippen molar-refractivity contribution in [1.82, 2.24) is 9.88 Å². The molecule has 0 atom stereocenters. The number of nitrogens with zero attached hydrogens (tertiary/aromatic N) is 3. The molecule has 4 nitrogen and oxygen atoms in total. The maximum absolute atomic E-state index is 11.9. The second-order valence-corrected chi connectivity index (χ2v) is 4.18. The number of carbonyl (C=O) groups is 1. The number of hydrogen-bond acceptors (Lipinski definition) is 3. The fraction of sp³-hybridized carbons (Fsp3) is 0.462. The SMILES string of the molecule is CC(C)C(=O)N(CCC#N)Cc1cccnc1. The molecule has 1 amide bonds. The van der Waals surface area contributed by atoms with Crippen molar-refractivity contribution in [3.8, 4) is 6.07 Å². The van der Waals surface area contributed by atoms with Gasteiger partial charge in [-0.25, -0.2) is 0 Å². The molecule has 17 heavy (non-hydrogen) atoms. The minimum atomic E-state index is -0.0506. The van der Waals surface area contributed by atoms with Gasteiger partial charge in [-0.2, -0.15) is 5.26 Å². The summed E-state index contributed by atoms with van der Waals surface area (Å²) in [4.78, 5) is 17.7. The highest BCUT2D eigenvalue weighted by molar-refractivity contribution is 5.78. The molecule has 0 unspecified atom stereocenters. The highest BCUT2D eigenvalue weighted by Gasteiger charge is 2.16. The lowest BCUT2D eigenvalue weighted by atomic mass is 10.1. The molecule has 0 aliphatic carbocycles. The summed E-state index contributed by atoms with van der Waals surface area (Å²) < 4.78 is 0. The van der Waals surface area contributed by atoms with Gasteiger partial charge in [0.1, 0.15) is 0 Å². The molecule has 0 radical (unpaired) electrons. The van der Waals surface area contributed by atoms with Crippen LogP contribution in [0.3, 0.4) is 0 Å². The molecular formula is C13H17N3O. The minimum Gasteiger partial charge on any atom is -0.337 e. The third-order valence-electron chi connectivity index (χ3n) is 2.40. The summed E-state index contributed by atoms with van der Waals surface area (Å²) in [5.41, 5.74) is 0.986. The summed E-state index contributed by atoms with van der Waals surface area (Å²) in [6.07, 6.45) is 3.80. The molecule has 0 fully saturated rings. The molecule has 4 heteroatoms. The lowest BCUT2D eigenvalue weighted by Gasteiger charge is -2.23. The molecule has 0 saturated heterocycles. The van der Waals surface area contributed by atoms with E-state index in [0.29, 0.717) is 19.5 Å². The summed E-state index contributed by atoms with van der Waals surface area (Å²) in [7, 11) is 0. The maximum Gasteiger partial charge on any atom is 0.225 e. The molecule has 0 N–H and O–H groups in total. The first-order valence-corrected chi connectivity index (χ1v) is 5.69. The number of aromatic nitrogens is 1. The highest BCUT2D eigenvalue weighted by atomic mass is 16.2. The van der Waals surface area contributed by atoms with Gasteiger partial charge in [0.2, 0.25) is 5.91 Å². The van der Waals surface area contributed by atoms with E-state index in [9.17, 15) is 4.79 Å². The van der Waals surface area contributed by atoms with Crippen molar-refractivity contribution < 1.29 is 4.79 Å². The second kappa shape index (κ2) is 6.64. The van der Waals surface area contributed by atoms with Gasteiger partial charge in [-0.1, -0.05) is 19.9 Å². The normalized spacial score (nSPS) is 10.0. The molecule has 0 saturated carbocycles. The molecule has 0 bridgehead atoms. The Morgan fingerprint density at radius 2 is 2.35 bits per heavy atom. The largest absolute Gasteiger partial charge is 0.337 e. The van der Waals surface area contributed by atoms with Crippen LogP contribution in [0.15, 0.2) is 24.5 Å². The molecule has 0 spiro atoms. The first kappa shape index (κ1) is 13.2. The molecule has 1 aromatic heterocycles. The van der Waals surface area contributed by atoms with Gasteiger partial charge in [0.05, 0.1) is 12.5 Å². The number of amides is 1. The summed E-state index contributed by atoms with van der Waals surface area (Å²) >= 11 is 0. The van der Waals surface area contributed by atoms with E-state index in [-0.39, 0.29) is 11.8 Å². The molecule has 1 aromatic rings. The quantitative estimate of drug-likeness (QED) is 0.778. The summed E-state index contributed by atoms with van der Waals surface area (Å²) in [5.74, 6) is 0.0227. The van der Waals surface area contributed by atoms with Crippen molar-refractivity contribution >= 4 is 5.91 Å². The van der Waals surface area contributed by atoms with E-state index in [4.69, 9.17) is 5.26 Å². The minimum absolute atomic E-state index is 0.0506. The van der Waals surface area contributed by atoms with Gasteiger partial charge in [-0.05, 0) is 11.6 Å². The van der Waals surface area contributed by atoms with Gasteiger partial charge >= 0.3 is 0 Å². The van der Waals surface area contributed by atoms with Crippen LogP contribution in [-0.4, -0.2) is 22.3 Å². The average molecular weight is 231 g/mol. The van der Waals surface area contributed by atoms with Crippen molar-refractivity contribution in [3.63, 3.8) is 0 Å². The topological polar surface area (TPSA) is 57.0 Å². The smallest absolute Gasteiger partial charge is 0.225 e. The fourth-order valence-electron chi connectivity index (χ4n) is 1.53. The van der Waals surface area contributed by atoms with Gasteiger partial charge in [0.25, 0.3) is 0 Å². The maximum atomic E-state index is 11.9. The molecule has 0 aromatic carbocycles. The predicted molar refractivity (Wildman–Crippen MR) is 64.7 cm³/mol. The van der Waals surface area contributed by atoms with Crippen molar-refractivity contribution in [2.75, 3.05) is 6.54 Å². The van der Waals surface area contributed by atoms with E-state index in [1.54, 1.807) is 17.3 Å². The Labute approximate surface area is 102 Å². The van der Waals surface area contributed by atoms with Gasteiger partial charge in [0, 0.05) is 31.4 Å². The Balaban J connectivity index is 2.70. The van der Waals surface area contributed by atoms with Crippen LogP contribution < -0.4 is 0 Å². The summed E-state index contributed by atoms with van der Waals surface area (Å²) in [5, 5.41) is 8.60. The van der Waals surface area contributed by atoms with E-state index in [0.717, 1.165) is 5.56 Å². The molecule has 0 aliphatic heterocycles. The number of nitriles is 1. The van der Waals surface area contributed by atoms with Gasteiger partial charge in [-0.3, -0.25) is 9.78 Å². The fourth-order valence-corrected chi connectivity index (χ4v) is 1.53. The van der Waals surface area contributed by atoms with E-state index < -0.39 is 0 Å². The van der Waals surface area contributed by atoms with Gasteiger partial charge in [-0.15, -0.1) is 0 Å². The van der Waals surface area contributed by atoms with Crippen LogP contribution in [-0.2, 0) is 11.3 Å². The number of rotatable bonds is 5. The third kappa shape index (κ3) is 4.23. The third-order valence-corrected chi connectivity index (χ3v) is 2.40. The molecule has 1 rings (SSSR count). The van der Waals surface area contributed by atoms with Crippen molar-refractivity contribution in [1.29, 1.82) is 5.26 Å². The Morgan fingerprint density at radius 1 is 1.59 bits per heavy atom. The zero-order valence-electron chi connectivity index (χ0n) is 10.3. The van der Waals surface area contributed by atoms with E-state index in [1.165, 1.54) is 0 Å². The predicted octanol–water partition coefficient (Wildman–Crippen LogP) is 1.98. The van der Waals surface area contributed by atoms with Crippen molar-refractivity contribution in [2.24, 2.45) is 5.92 Å². The van der Waals surface area contributed by atoms with Crippen LogP contribution in [0, 0.1) is 17.2 Å². The van der Waals surface area contributed by atoms with E-state index in [2.05, 4.69) is 11.1 Å². The van der Waals surface area contributed by atoms with Gasteiger partial charge < -0.3 is 4.90 Å². The molecule has 1 heterocycles. The Bertz CT molecular complexity index is 395. The number of carbonyl (C=O) groups excluding carboxylic acids is 1. The van der Waals surface area contributed by atoms with Crippen LogP contribution in [0.4, 0.5) is 0 Å². The molecule has 90 valence electrons. The first-order chi connectivity index (χ1) is 8.15. The number of hydrogen-bond donors (Lipinski definition) is 0. The van der Waals surface area contributed by atoms with Gasteiger partial charge in [0.15, 0.2) is 0 Å². The molecular weight excluding hydrogens is 214 g/mol. The summed E-state index contributed by atoms with van der Waals surface area (Å²) in [6, 6.07) is 5.84. The van der Waals surface area contributed by atoms with Crippen LogP contribution >= 0.6 is 0 Å². The highest BCUT2D eigenvalue weighted by Crippen LogP contribution is 2.08. The van der Waals surface area contributed by atoms with Crippen molar-refractivity contribution in [2.45, 2.75) is 26.8 Å². The van der Waals surface area contributed by atoms with Crippen LogP contribution in [0.2, 0.25) is 0 Å². The monoisotopic (exact) mass is 231 g/mol. The lowest BCUT2D eigenvalue weighted by Crippen LogP contribution is -2.34. The van der Waals surface area contributed by atoms with E-state index >= 15 is 0 Å². The Hall–Kier alpha value is -1.89. The summed E-state index contributed by atoms with van der Waals surface area (Å²) in [6.45, 7) is 4.73. The van der Waals surface area contributed by atoms with Crippen LogP contribution in [0.5, 0.6) is 0 Å². The standard InChI is InChI=1S/C13H17N3O/c1-11(2)13(17)16(8-4-6-14)10-12-5-3-7-15-9-12/h3,5,7,9,11H,4,8,10H2,1-2H3. The number of pyridine rings is 1. The van der Waals surface area contributed by atoms with Crippen LogP contribution in [0.1, 0.15) is 25.8 Å². The van der Waals surface area contributed by atoms with Crippen molar-refractivity contribution in [3.05, 3.63) is 30.1 Å². The zero-order valence-corrected chi connectivity index (χ0v) is 10.3. The second-order valence-electron chi connectivity index (χ2n) is 4.18. The molecule has 0 aliphatic rings. The lowest BCUT2D eigenvalue weighted by molar-refractivity contribution is -0.135.